The van der Waals surface area contributed by atoms with E-state index >= 15 is 0 Å². The van der Waals surface area contributed by atoms with Gasteiger partial charge in [-0.3, -0.25) is 4.79 Å². The van der Waals surface area contributed by atoms with Crippen LogP contribution in [0.15, 0.2) is 18.2 Å². The van der Waals surface area contributed by atoms with E-state index in [1.807, 2.05) is 20.8 Å². The molecule has 2 rings (SSSR count). The molecule has 0 atom stereocenters. The summed E-state index contributed by atoms with van der Waals surface area (Å²) in [5.41, 5.74) is 5.60. The Balaban J connectivity index is 0.00000288. The Hall–Kier alpha value is -1.34. The maximum atomic E-state index is 12.3. The van der Waals surface area contributed by atoms with Gasteiger partial charge in [-0.25, -0.2) is 9.67 Å². The van der Waals surface area contributed by atoms with Crippen molar-refractivity contribution in [3.63, 3.8) is 0 Å². The summed E-state index contributed by atoms with van der Waals surface area (Å²) in [7, 11) is 0. The van der Waals surface area contributed by atoms with Gasteiger partial charge in [-0.2, -0.15) is 0 Å². The third-order valence-corrected chi connectivity index (χ3v) is 3.92. The largest absolute Gasteiger partial charge is 0.343 e. The van der Waals surface area contributed by atoms with Gasteiger partial charge in [-0.1, -0.05) is 36.2 Å². The maximum Gasteiger partial charge on any atom is 0.291 e. The molecular weight excluding hydrogens is 373 g/mol. The van der Waals surface area contributed by atoms with E-state index < -0.39 is 11.4 Å². The van der Waals surface area contributed by atoms with Crippen molar-refractivity contribution in [1.29, 1.82) is 0 Å². The Morgan fingerprint density at radius 3 is 2.42 bits per heavy atom. The number of aryl methyl sites for hydroxylation is 1. The Morgan fingerprint density at radius 2 is 1.92 bits per heavy atom. The van der Waals surface area contributed by atoms with E-state index in [4.69, 9.17) is 28.9 Å². The minimum Gasteiger partial charge on any atom is -0.343 e. The zero-order valence-electron chi connectivity index (χ0n) is 13.6. The van der Waals surface area contributed by atoms with Crippen LogP contribution in [-0.4, -0.2) is 32.8 Å². The molecule has 0 radical (unpaired) electrons. The molecule has 0 aliphatic heterocycles. The topological polar surface area (TPSA) is 85.8 Å². The average Bonchev–Trinajstić information content (AvgIpc) is 2.91. The lowest BCUT2D eigenvalue weighted by Crippen LogP contribution is -2.49. The first-order valence-corrected chi connectivity index (χ1v) is 7.97. The SMILES string of the molecule is CCc1nc(C(=O)NC(C)(C)CN)nn1-c1c(Cl)cccc1Cl.Cl. The number of nitrogens with one attached hydrogen (secondary N) is 1. The minimum absolute atomic E-state index is 0. The summed E-state index contributed by atoms with van der Waals surface area (Å²) in [6.45, 7) is 5.87. The molecule has 0 spiro atoms. The zero-order valence-corrected chi connectivity index (χ0v) is 16.0. The highest BCUT2D eigenvalue weighted by atomic mass is 35.5. The van der Waals surface area contributed by atoms with Crippen molar-refractivity contribution in [3.8, 4) is 5.69 Å². The van der Waals surface area contributed by atoms with Crippen LogP contribution in [0.25, 0.3) is 5.69 Å². The highest BCUT2D eigenvalue weighted by molar-refractivity contribution is 6.37. The molecular formula is C15H20Cl3N5O. The minimum atomic E-state index is -0.545. The molecule has 1 amide bonds. The summed E-state index contributed by atoms with van der Waals surface area (Å²) in [6, 6.07) is 5.16. The fraction of sp³-hybridized carbons (Fsp3) is 0.400. The van der Waals surface area contributed by atoms with E-state index in [2.05, 4.69) is 15.4 Å². The number of hydrogen-bond acceptors (Lipinski definition) is 4. The Kier molecular flexibility index (Phi) is 7.04. The number of nitrogens with zero attached hydrogens (tertiary/aromatic N) is 3. The van der Waals surface area contributed by atoms with Gasteiger partial charge in [0.05, 0.1) is 10.0 Å². The second kappa shape index (κ2) is 8.16. The van der Waals surface area contributed by atoms with Gasteiger partial charge in [0.1, 0.15) is 11.5 Å². The molecule has 0 unspecified atom stereocenters. The molecule has 0 bridgehead atoms. The molecule has 2 aromatic rings. The molecule has 24 heavy (non-hydrogen) atoms. The van der Waals surface area contributed by atoms with Crippen molar-refractivity contribution < 1.29 is 4.79 Å². The van der Waals surface area contributed by atoms with Crippen molar-refractivity contribution in [2.24, 2.45) is 5.73 Å². The highest BCUT2D eigenvalue weighted by Gasteiger charge is 2.24. The molecule has 3 N–H and O–H groups in total. The number of nitrogens with two attached hydrogens (primary N) is 1. The van der Waals surface area contributed by atoms with Crippen LogP contribution in [0.3, 0.4) is 0 Å². The molecule has 0 aliphatic rings. The van der Waals surface area contributed by atoms with Crippen molar-refractivity contribution in [1.82, 2.24) is 20.1 Å². The van der Waals surface area contributed by atoms with E-state index in [0.29, 0.717) is 34.5 Å². The molecule has 132 valence electrons. The van der Waals surface area contributed by atoms with E-state index in [1.165, 1.54) is 4.68 Å². The van der Waals surface area contributed by atoms with Crippen molar-refractivity contribution in [2.75, 3.05) is 6.54 Å². The quantitative estimate of drug-likeness (QED) is 0.819. The number of carbonyl (C=O) groups is 1. The normalized spacial score (nSPS) is 11.1. The zero-order chi connectivity index (χ0) is 17.2. The summed E-state index contributed by atoms with van der Waals surface area (Å²) in [6.07, 6.45) is 0.572. The lowest BCUT2D eigenvalue weighted by Gasteiger charge is -2.23. The highest BCUT2D eigenvalue weighted by Crippen LogP contribution is 2.28. The molecule has 0 saturated heterocycles. The molecule has 1 aromatic carbocycles. The molecule has 0 aliphatic carbocycles. The third-order valence-electron chi connectivity index (χ3n) is 3.31. The Bertz CT molecular complexity index is 710. The second-order valence-electron chi connectivity index (χ2n) is 5.73. The maximum absolute atomic E-state index is 12.3. The summed E-state index contributed by atoms with van der Waals surface area (Å²) >= 11 is 12.4. The van der Waals surface area contributed by atoms with Crippen LogP contribution < -0.4 is 11.1 Å². The summed E-state index contributed by atoms with van der Waals surface area (Å²) in [5, 5.41) is 7.95. The van der Waals surface area contributed by atoms with E-state index in [1.54, 1.807) is 18.2 Å². The monoisotopic (exact) mass is 391 g/mol. The van der Waals surface area contributed by atoms with Gasteiger partial charge >= 0.3 is 0 Å². The van der Waals surface area contributed by atoms with Crippen LogP contribution >= 0.6 is 35.6 Å². The number of para-hydroxylation sites is 1. The molecule has 0 fully saturated rings. The predicted molar refractivity (Wildman–Crippen MR) is 98.6 cm³/mol. The van der Waals surface area contributed by atoms with E-state index in [-0.39, 0.29) is 18.2 Å². The number of hydrogen-bond donors (Lipinski definition) is 2. The van der Waals surface area contributed by atoms with Gasteiger partial charge < -0.3 is 11.1 Å². The molecule has 1 heterocycles. The summed E-state index contributed by atoms with van der Waals surface area (Å²) in [4.78, 5) is 16.6. The van der Waals surface area contributed by atoms with Crippen LogP contribution in [-0.2, 0) is 6.42 Å². The van der Waals surface area contributed by atoms with Gasteiger partial charge in [-0.05, 0) is 26.0 Å². The number of amides is 1. The molecule has 0 saturated carbocycles. The van der Waals surface area contributed by atoms with E-state index in [9.17, 15) is 4.79 Å². The van der Waals surface area contributed by atoms with Crippen LogP contribution in [0.1, 0.15) is 37.2 Å². The van der Waals surface area contributed by atoms with E-state index in [0.717, 1.165) is 0 Å². The van der Waals surface area contributed by atoms with Gasteiger partial charge in [0.15, 0.2) is 0 Å². The smallest absolute Gasteiger partial charge is 0.291 e. The number of carbonyl (C=O) groups excluding carboxylic acids is 1. The lowest BCUT2D eigenvalue weighted by atomic mass is 10.1. The van der Waals surface area contributed by atoms with Crippen LogP contribution in [0.5, 0.6) is 0 Å². The van der Waals surface area contributed by atoms with Crippen molar-refractivity contribution in [3.05, 3.63) is 39.9 Å². The first-order chi connectivity index (χ1) is 10.8. The van der Waals surface area contributed by atoms with Gasteiger partial charge in [-0.15, -0.1) is 17.5 Å². The first-order valence-electron chi connectivity index (χ1n) is 7.22. The fourth-order valence-electron chi connectivity index (χ4n) is 1.95. The standard InChI is InChI=1S/C15H19Cl2N5O.ClH/c1-4-11-19-13(14(23)20-15(2,3)8-18)21-22(11)12-9(16)6-5-7-10(12)17;/h5-7H,4,8,18H2,1-3H3,(H,20,23);1H. The van der Waals surface area contributed by atoms with Crippen molar-refractivity contribution in [2.45, 2.75) is 32.7 Å². The lowest BCUT2D eigenvalue weighted by molar-refractivity contribution is 0.0905. The number of halogens is 3. The average molecular weight is 393 g/mol. The Morgan fingerprint density at radius 1 is 1.33 bits per heavy atom. The van der Waals surface area contributed by atoms with Crippen molar-refractivity contribution >= 4 is 41.5 Å². The number of rotatable bonds is 5. The van der Waals surface area contributed by atoms with Gasteiger partial charge in [0, 0.05) is 18.5 Å². The first kappa shape index (κ1) is 20.7. The van der Waals surface area contributed by atoms with Gasteiger partial charge in [0.25, 0.3) is 5.91 Å². The molecule has 1 aromatic heterocycles. The molecule has 6 nitrogen and oxygen atoms in total. The van der Waals surface area contributed by atoms with Crippen LogP contribution in [0.4, 0.5) is 0 Å². The third kappa shape index (κ3) is 4.39. The summed E-state index contributed by atoms with van der Waals surface area (Å²) < 4.78 is 1.51. The summed E-state index contributed by atoms with van der Waals surface area (Å²) in [5.74, 6) is 0.257. The number of benzene rings is 1. The van der Waals surface area contributed by atoms with Crippen LogP contribution in [0, 0.1) is 0 Å². The Labute approximate surface area is 157 Å². The molecule has 9 heteroatoms. The second-order valence-corrected chi connectivity index (χ2v) is 6.54. The fourth-order valence-corrected chi connectivity index (χ4v) is 2.51. The van der Waals surface area contributed by atoms with Crippen LogP contribution in [0.2, 0.25) is 10.0 Å². The number of aromatic nitrogens is 3. The predicted octanol–water partition coefficient (Wildman–Crippen LogP) is 3.03. The van der Waals surface area contributed by atoms with Gasteiger partial charge in [0.2, 0.25) is 5.82 Å².